The third-order valence-corrected chi connectivity index (χ3v) is 7.83. The van der Waals surface area contributed by atoms with E-state index in [9.17, 15) is 9.90 Å². The molecule has 0 unspecified atom stereocenters. The van der Waals surface area contributed by atoms with Gasteiger partial charge < -0.3 is 15.3 Å². The Morgan fingerprint density at radius 2 is 1.79 bits per heavy atom. The third-order valence-electron chi connectivity index (χ3n) is 7.83. The highest BCUT2D eigenvalue weighted by Crippen LogP contribution is 2.30. The van der Waals surface area contributed by atoms with Gasteiger partial charge in [-0.3, -0.25) is 9.69 Å². The minimum atomic E-state index is -0.744. The first-order valence-corrected chi connectivity index (χ1v) is 12.7. The van der Waals surface area contributed by atoms with Crippen LogP contribution in [0.4, 0.5) is 5.82 Å². The molecule has 1 aromatic heterocycles. The Balaban J connectivity index is 1.11. The van der Waals surface area contributed by atoms with Crippen molar-refractivity contribution in [3.05, 3.63) is 59.3 Å². The number of piperidine rings is 2. The fourth-order valence-corrected chi connectivity index (χ4v) is 5.95. The summed E-state index contributed by atoms with van der Waals surface area (Å²) in [6.07, 6.45) is 8.00. The zero-order valence-corrected chi connectivity index (χ0v) is 19.5. The van der Waals surface area contributed by atoms with E-state index in [0.717, 1.165) is 69.8 Å². The van der Waals surface area contributed by atoms with Gasteiger partial charge in [-0.05, 0) is 81.1 Å². The van der Waals surface area contributed by atoms with Crippen molar-refractivity contribution in [3.8, 4) is 0 Å². The zero-order chi connectivity index (χ0) is 22.6. The van der Waals surface area contributed by atoms with Crippen LogP contribution in [0.2, 0.25) is 0 Å². The number of carboxylic acids is 1. The van der Waals surface area contributed by atoms with Crippen molar-refractivity contribution >= 4 is 11.8 Å². The van der Waals surface area contributed by atoms with Crippen LogP contribution in [0.15, 0.2) is 42.5 Å². The summed E-state index contributed by atoms with van der Waals surface area (Å²) in [7, 11) is 0. The summed E-state index contributed by atoms with van der Waals surface area (Å²) in [5, 5.41) is 13.3. The standard InChI is InChI=1S/C27H36N4O2/c32-27(33)25(21-5-2-1-3-6-21)31-17-12-24(13-18-31)30-15-10-20(11-16-30)19-23-9-8-22-7-4-14-28-26(22)29-23/h1-3,5-6,8-9,20,24-25H,4,7,10-19H2,(H,28,29)(H,32,33)/t25-/m0/s1. The number of fused-ring (bicyclic) bond motifs is 1. The second-order valence-corrected chi connectivity index (χ2v) is 9.94. The number of rotatable bonds is 6. The topological polar surface area (TPSA) is 68.7 Å². The zero-order valence-electron chi connectivity index (χ0n) is 19.5. The Morgan fingerprint density at radius 3 is 2.52 bits per heavy atom. The second kappa shape index (κ2) is 10.2. The fraction of sp³-hybridized carbons (Fsp3) is 0.556. The van der Waals surface area contributed by atoms with Gasteiger partial charge in [0, 0.05) is 31.4 Å². The lowest BCUT2D eigenvalue weighted by Crippen LogP contribution is -2.49. The van der Waals surface area contributed by atoms with E-state index in [-0.39, 0.29) is 0 Å². The maximum absolute atomic E-state index is 12.0. The van der Waals surface area contributed by atoms with Crippen molar-refractivity contribution in [2.45, 2.75) is 57.0 Å². The molecule has 3 aliphatic rings. The number of carbonyl (C=O) groups is 1. The largest absolute Gasteiger partial charge is 0.480 e. The van der Waals surface area contributed by atoms with E-state index in [4.69, 9.17) is 4.98 Å². The lowest BCUT2D eigenvalue weighted by atomic mass is 9.89. The molecule has 1 atom stereocenters. The Kier molecular flexibility index (Phi) is 6.93. The highest BCUT2D eigenvalue weighted by atomic mass is 16.4. The van der Waals surface area contributed by atoms with E-state index in [1.54, 1.807) is 0 Å². The smallest absolute Gasteiger partial charge is 0.325 e. The average Bonchev–Trinajstić information content (AvgIpc) is 2.86. The van der Waals surface area contributed by atoms with E-state index in [2.05, 4.69) is 27.2 Å². The van der Waals surface area contributed by atoms with Crippen molar-refractivity contribution in [1.82, 2.24) is 14.8 Å². The Labute approximate surface area is 197 Å². The molecule has 0 amide bonds. The number of likely N-dealkylation sites (tertiary alicyclic amines) is 2. The summed E-state index contributed by atoms with van der Waals surface area (Å²) >= 11 is 0. The van der Waals surface area contributed by atoms with Crippen molar-refractivity contribution in [2.24, 2.45) is 5.92 Å². The Hall–Kier alpha value is -2.44. The molecule has 0 aliphatic carbocycles. The predicted molar refractivity (Wildman–Crippen MR) is 130 cm³/mol. The number of nitrogens with zero attached hydrogens (tertiary/aromatic N) is 3. The molecule has 0 saturated carbocycles. The number of carboxylic acid groups (broad SMARTS) is 1. The Morgan fingerprint density at radius 1 is 1.03 bits per heavy atom. The van der Waals surface area contributed by atoms with E-state index >= 15 is 0 Å². The van der Waals surface area contributed by atoms with E-state index in [0.29, 0.717) is 12.0 Å². The molecule has 2 aromatic rings. The number of benzene rings is 1. The fourth-order valence-electron chi connectivity index (χ4n) is 5.95. The van der Waals surface area contributed by atoms with Crippen LogP contribution >= 0.6 is 0 Å². The average molecular weight is 449 g/mol. The van der Waals surface area contributed by atoms with Crippen LogP contribution < -0.4 is 5.32 Å². The number of aliphatic carboxylic acids is 1. The van der Waals surface area contributed by atoms with Crippen LogP contribution in [-0.4, -0.2) is 64.6 Å². The third kappa shape index (κ3) is 5.22. The molecule has 2 fully saturated rings. The predicted octanol–water partition coefficient (Wildman–Crippen LogP) is 3.98. The quantitative estimate of drug-likeness (QED) is 0.697. The van der Waals surface area contributed by atoms with Crippen LogP contribution in [0.3, 0.4) is 0 Å². The molecule has 4 heterocycles. The van der Waals surface area contributed by atoms with Gasteiger partial charge in [0.25, 0.3) is 0 Å². The lowest BCUT2D eigenvalue weighted by molar-refractivity contribution is -0.144. The van der Waals surface area contributed by atoms with Crippen molar-refractivity contribution in [1.29, 1.82) is 0 Å². The van der Waals surface area contributed by atoms with Crippen LogP contribution in [-0.2, 0) is 17.6 Å². The molecule has 2 saturated heterocycles. The molecule has 2 N–H and O–H groups in total. The molecule has 33 heavy (non-hydrogen) atoms. The van der Waals surface area contributed by atoms with Gasteiger partial charge in [-0.2, -0.15) is 0 Å². The monoisotopic (exact) mass is 448 g/mol. The van der Waals surface area contributed by atoms with Gasteiger partial charge in [0.1, 0.15) is 11.9 Å². The van der Waals surface area contributed by atoms with Gasteiger partial charge in [-0.25, -0.2) is 4.98 Å². The van der Waals surface area contributed by atoms with Crippen LogP contribution in [0.5, 0.6) is 0 Å². The Bertz CT molecular complexity index is 934. The summed E-state index contributed by atoms with van der Waals surface area (Å²) in [6, 6.07) is 14.2. The molecule has 5 rings (SSSR count). The van der Waals surface area contributed by atoms with Crippen molar-refractivity contribution in [2.75, 3.05) is 38.0 Å². The molecule has 0 spiro atoms. The first-order chi connectivity index (χ1) is 16.2. The van der Waals surface area contributed by atoms with E-state index in [1.807, 2.05) is 30.3 Å². The molecule has 1 aromatic carbocycles. The van der Waals surface area contributed by atoms with E-state index < -0.39 is 12.0 Å². The van der Waals surface area contributed by atoms with Crippen molar-refractivity contribution in [3.63, 3.8) is 0 Å². The van der Waals surface area contributed by atoms with Gasteiger partial charge >= 0.3 is 5.97 Å². The molecule has 0 radical (unpaired) electrons. The summed E-state index contributed by atoms with van der Waals surface area (Å²) in [5.41, 5.74) is 3.48. The van der Waals surface area contributed by atoms with Gasteiger partial charge in [0.05, 0.1) is 0 Å². The van der Waals surface area contributed by atoms with Gasteiger partial charge in [0.15, 0.2) is 0 Å². The summed E-state index contributed by atoms with van der Waals surface area (Å²) in [6.45, 7) is 5.04. The van der Waals surface area contributed by atoms with Crippen LogP contribution in [0.1, 0.15) is 55.0 Å². The molecule has 6 nitrogen and oxygen atoms in total. The summed E-state index contributed by atoms with van der Waals surface area (Å²) in [5.74, 6) is 1.08. The van der Waals surface area contributed by atoms with Gasteiger partial charge in [0.2, 0.25) is 0 Å². The van der Waals surface area contributed by atoms with Crippen molar-refractivity contribution < 1.29 is 9.90 Å². The number of anilines is 1. The SMILES string of the molecule is O=C(O)[C@H](c1ccccc1)N1CCC(N2CCC(Cc3ccc4c(n3)NCCC4)CC2)CC1. The minimum Gasteiger partial charge on any atom is -0.480 e. The van der Waals surface area contributed by atoms with Crippen LogP contribution in [0.25, 0.3) is 0 Å². The number of aromatic nitrogens is 1. The number of aryl methyl sites for hydroxylation is 1. The van der Waals surface area contributed by atoms with E-state index in [1.165, 1.54) is 30.5 Å². The number of pyridine rings is 1. The van der Waals surface area contributed by atoms with Crippen LogP contribution in [0, 0.1) is 5.92 Å². The second-order valence-electron chi connectivity index (χ2n) is 9.94. The first-order valence-electron chi connectivity index (χ1n) is 12.7. The first kappa shape index (κ1) is 22.4. The maximum atomic E-state index is 12.0. The highest BCUT2D eigenvalue weighted by molar-refractivity contribution is 5.75. The maximum Gasteiger partial charge on any atom is 0.325 e. The number of nitrogens with one attached hydrogen (secondary N) is 1. The number of hydrogen-bond acceptors (Lipinski definition) is 5. The normalized spacial score (nSPS) is 21.8. The van der Waals surface area contributed by atoms with Gasteiger partial charge in [-0.1, -0.05) is 36.4 Å². The summed E-state index contributed by atoms with van der Waals surface area (Å²) < 4.78 is 0. The lowest BCUT2D eigenvalue weighted by Gasteiger charge is -2.43. The minimum absolute atomic E-state index is 0.531. The number of hydrogen-bond donors (Lipinski definition) is 2. The molecular weight excluding hydrogens is 412 g/mol. The van der Waals surface area contributed by atoms with Gasteiger partial charge in [-0.15, -0.1) is 0 Å². The molecular formula is C27H36N4O2. The highest BCUT2D eigenvalue weighted by Gasteiger charge is 2.33. The summed E-state index contributed by atoms with van der Waals surface area (Å²) in [4.78, 5) is 21.7. The molecule has 176 valence electrons. The molecule has 6 heteroatoms. The molecule has 0 bridgehead atoms. The molecule has 3 aliphatic heterocycles.